The van der Waals surface area contributed by atoms with Gasteiger partial charge in [-0.1, -0.05) is 394 Å². The van der Waals surface area contributed by atoms with Gasteiger partial charge in [0.15, 0.2) is 0 Å². The summed E-state index contributed by atoms with van der Waals surface area (Å²) in [6.07, 6.45) is 0. The minimum absolute atomic E-state index is 0.913. The molecule has 144 heavy (non-hydrogen) atoms. The van der Waals surface area contributed by atoms with Crippen LogP contribution in [0.1, 0.15) is 0 Å². The Labute approximate surface area is 833 Å². The summed E-state index contributed by atoms with van der Waals surface area (Å²) in [4.78, 5) is 7.07. The highest BCUT2D eigenvalue weighted by Crippen LogP contribution is 2.49. The van der Waals surface area contributed by atoms with Gasteiger partial charge in [-0.3, -0.25) is 0 Å². The molecular formula is C138H91N3O3. The van der Waals surface area contributed by atoms with Crippen molar-refractivity contribution in [1.82, 2.24) is 0 Å². The number of nitrogens with zero attached hydrogens (tertiary/aromatic N) is 3. The van der Waals surface area contributed by atoms with Gasteiger partial charge in [-0.15, -0.1) is 0 Å². The lowest BCUT2D eigenvalue weighted by molar-refractivity contribution is 0.672. The van der Waals surface area contributed by atoms with Crippen LogP contribution in [0.3, 0.4) is 0 Å². The van der Waals surface area contributed by atoms with Crippen LogP contribution < -0.4 is 14.7 Å². The van der Waals surface area contributed by atoms with Crippen LogP contribution in [0.5, 0.6) is 0 Å². The third-order valence-electron chi connectivity index (χ3n) is 28.3. The zero-order valence-electron chi connectivity index (χ0n) is 78.6. The number of benzene rings is 25. The van der Waals surface area contributed by atoms with E-state index in [4.69, 9.17) is 13.3 Å². The van der Waals surface area contributed by atoms with Crippen LogP contribution in [-0.4, -0.2) is 0 Å². The molecule has 0 atom stereocenters. The first kappa shape index (κ1) is 85.3. The summed E-state index contributed by atoms with van der Waals surface area (Å²) in [7, 11) is 0. The summed E-state index contributed by atoms with van der Waals surface area (Å²) in [5.41, 5.74) is 32.2. The van der Waals surface area contributed by atoms with Crippen LogP contribution in [0.2, 0.25) is 0 Å². The molecule has 676 valence electrons. The third-order valence-corrected chi connectivity index (χ3v) is 28.3. The second kappa shape index (κ2) is 37.0. The van der Waals surface area contributed by atoms with E-state index in [0.29, 0.717) is 0 Å². The summed E-state index contributed by atoms with van der Waals surface area (Å²) < 4.78 is 19.5. The summed E-state index contributed by atoms with van der Waals surface area (Å²) in [5.74, 6) is 0. The van der Waals surface area contributed by atoms with Crippen molar-refractivity contribution in [3.05, 3.63) is 552 Å². The Kier molecular flexibility index (Phi) is 21.9. The molecule has 3 aromatic heterocycles. The van der Waals surface area contributed by atoms with Crippen molar-refractivity contribution in [1.29, 1.82) is 0 Å². The smallest absolute Gasteiger partial charge is 0.143 e. The Bertz CT molecular complexity index is 9610. The zero-order chi connectivity index (χ0) is 95.3. The molecule has 6 heteroatoms. The molecule has 0 spiro atoms. The van der Waals surface area contributed by atoms with Gasteiger partial charge in [0.05, 0.1) is 0 Å². The average Bonchev–Trinajstić information content (AvgIpc) is 1.44. The van der Waals surface area contributed by atoms with Gasteiger partial charge in [-0.05, 0) is 284 Å². The number of hydrogen-bond donors (Lipinski definition) is 0. The number of furan rings is 3. The third kappa shape index (κ3) is 16.1. The quantitative estimate of drug-likeness (QED) is 0.0899. The van der Waals surface area contributed by atoms with Crippen LogP contribution in [0, 0.1) is 0 Å². The van der Waals surface area contributed by atoms with E-state index in [1.807, 2.05) is 24.3 Å². The maximum atomic E-state index is 6.54. The summed E-state index contributed by atoms with van der Waals surface area (Å²) in [5, 5.41) is 20.9. The van der Waals surface area contributed by atoms with Crippen LogP contribution in [0.4, 0.5) is 51.2 Å². The van der Waals surface area contributed by atoms with Gasteiger partial charge in [0.25, 0.3) is 0 Å². The average molecular weight is 1840 g/mol. The lowest BCUT2D eigenvalue weighted by Crippen LogP contribution is -2.10. The fourth-order valence-electron chi connectivity index (χ4n) is 21.3. The van der Waals surface area contributed by atoms with E-state index in [-0.39, 0.29) is 0 Å². The standard InChI is InChI=1S/C50H33NO.2C44H29NO/c1-4-12-34(13-5-1)37-22-25-42(26-23-37)51(44-32-40(35-14-6-2-7-15-35)30-41(33-44)36-16-8-3-9-17-36)43-27-29-45-39(31-43)21-20-38-24-28-47-46-18-10-11-19-48(46)52-50(47)49(38)45;1-3-10-30(11-4-1)33-12-9-13-34(28-33)31-20-23-37(24-21-31)45(36-14-5-2-6-15-36)38-25-27-39-35(29-38)19-18-32-22-26-41-40-16-7-8-17-42(40)46-44(41)43(32)39;1-3-10-30(11-4-1)32-20-23-36(24-21-32)45(37-15-9-14-34(28-37)31-12-5-2-6-13-31)38-25-27-39-35(29-38)19-18-33-22-26-41-40-16-7-8-17-42(40)46-44(41)43(33)39/h1-33H;2*1-29H. The zero-order valence-corrected chi connectivity index (χ0v) is 78.6. The maximum Gasteiger partial charge on any atom is 0.143 e. The fraction of sp³-hybridized carbons (Fsp3) is 0. The molecule has 0 unspecified atom stereocenters. The minimum Gasteiger partial charge on any atom is -0.455 e. The highest BCUT2D eigenvalue weighted by atomic mass is 16.3. The van der Waals surface area contributed by atoms with Crippen LogP contribution in [-0.2, 0) is 0 Å². The van der Waals surface area contributed by atoms with Crippen molar-refractivity contribution in [2.45, 2.75) is 0 Å². The van der Waals surface area contributed by atoms with Gasteiger partial charge in [-0.2, -0.15) is 0 Å². The maximum absolute atomic E-state index is 6.54. The molecular weight excluding hydrogens is 1750 g/mol. The predicted molar refractivity (Wildman–Crippen MR) is 608 cm³/mol. The normalized spacial score (nSPS) is 11.5. The summed E-state index contributed by atoms with van der Waals surface area (Å²) in [6, 6.07) is 197. The lowest BCUT2D eigenvalue weighted by atomic mass is 9.96. The minimum atomic E-state index is 0.913. The summed E-state index contributed by atoms with van der Waals surface area (Å²) >= 11 is 0. The first-order valence-corrected chi connectivity index (χ1v) is 49.1. The van der Waals surface area contributed by atoms with Crippen molar-refractivity contribution in [3.8, 4) is 77.9 Å². The molecule has 0 fully saturated rings. The molecule has 28 aromatic rings. The predicted octanol–water partition coefficient (Wildman–Crippen LogP) is 39.8. The highest BCUT2D eigenvalue weighted by Gasteiger charge is 2.24. The Balaban J connectivity index is 0.000000110. The van der Waals surface area contributed by atoms with E-state index < -0.39 is 0 Å². The molecule has 0 aliphatic carbocycles. The van der Waals surface area contributed by atoms with Gasteiger partial charge in [0.2, 0.25) is 0 Å². The number of para-hydroxylation sites is 4. The molecule has 0 saturated heterocycles. The van der Waals surface area contributed by atoms with Gasteiger partial charge in [0.1, 0.15) is 33.5 Å². The van der Waals surface area contributed by atoms with E-state index in [1.165, 1.54) is 121 Å². The molecule has 25 aromatic carbocycles. The monoisotopic (exact) mass is 1840 g/mol. The lowest BCUT2D eigenvalue weighted by Gasteiger charge is -2.27. The van der Waals surface area contributed by atoms with Gasteiger partial charge >= 0.3 is 0 Å². The number of fused-ring (bicyclic) bond motifs is 21. The SMILES string of the molecule is c1ccc(-c2ccc(N(c3cc(-c4ccccc4)cc(-c4ccccc4)c3)c3ccc4c(ccc5ccc6c7ccccc7oc6c54)c3)cc2)cc1.c1ccc(-c2ccc(N(c3cccc(-c4ccccc4)c3)c3ccc4c(ccc5ccc6c7ccccc7oc6c54)c3)cc2)cc1.c1ccc(-c2cccc(-c3ccc(N(c4ccccc4)c4ccc5c(ccc6ccc7c8ccccc8oc7c65)c4)cc3)c2)cc1. The molecule has 0 radical (unpaired) electrons. The van der Waals surface area contributed by atoms with E-state index in [0.717, 1.165) is 139 Å². The second-order valence-electron chi connectivity index (χ2n) is 36.9. The van der Waals surface area contributed by atoms with E-state index >= 15 is 0 Å². The largest absolute Gasteiger partial charge is 0.455 e. The van der Waals surface area contributed by atoms with Crippen LogP contribution in [0.25, 0.3) is 208 Å². The Morgan fingerprint density at radius 2 is 0.319 bits per heavy atom. The molecule has 3 heterocycles. The van der Waals surface area contributed by atoms with E-state index in [1.54, 1.807) is 0 Å². The first-order valence-electron chi connectivity index (χ1n) is 49.1. The number of hydrogen-bond acceptors (Lipinski definition) is 6. The van der Waals surface area contributed by atoms with Crippen LogP contribution >= 0.6 is 0 Å². The molecule has 0 bridgehead atoms. The van der Waals surface area contributed by atoms with Crippen molar-refractivity contribution in [2.24, 2.45) is 0 Å². The second-order valence-corrected chi connectivity index (χ2v) is 36.9. The molecule has 0 N–H and O–H groups in total. The molecule has 6 nitrogen and oxygen atoms in total. The van der Waals surface area contributed by atoms with Gasteiger partial charge in [-0.25, -0.2) is 0 Å². The topological polar surface area (TPSA) is 49.1 Å². The fourth-order valence-corrected chi connectivity index (χ4v) is 21.3. The van der Waals surface area contributed by atoms with Crippen molar-refractivity contribution in [3.63, 3.8) is 0 Å². The van der Waals surface area contributed by atoms with Crippen molar-refractivity contribution >= 4 is 182 Å². The Morgan fingerprint density at radius 1 is 0.111 bits per heavy atom. The molecule has 0 amide bonds. The van der Waals surface area contributed by atoms with Gasteiger partial charge in [0, 0.05) is 99.7 Å². The Hall–Kier alpha value is -19.1. The number of rotatable bonds is 16. The summed E-state index contributed by atoms with van der Waals surface area (Å²) in [6.45, 7) is 0. The highest BCUT2D eigenvalue weighted by molar-refractivity contribution is 6.26. The van der Waals surface area contributed by atoms with Crippen LogP contribution in [0.15, 0.2) is 565 Å². The van der Waals surface area contributed by atoms with Crippen molar-refractivity contribution in [2.75, 3.05) is 14.7 Å². The number of anilines is 9. The van der Waals surface area contributed by atoms with E-state index in [9.17, 15) is 0 Å². The first-order chi connectivity index (χ1) is 71.4. The molecule has 0 aliphatic heterocycles. The Morgan fingerprint density at radius 3 is 0.674 bits per heavy atom. The van der Waals surface area contributed by atoms with Crippen molar-refractivity contribution < 1.29 is 13.3 Å². The molecule has 0 aliphatic rings. The van der Waals surface area contributed by atoms with E-state index in [2.05, 4.69) is 542 Å². The van der Waals surface area contributed by atoms with Gasteiger partial charge < -0.3 is 28.0 Å². The molecule has 28 rings (SSSR count). The molecule has 0 saturated carbocycles.